The molecule has 0 aromatic carbocycles. The van der Waals surface area contributed by atoms with Crippen LogP contribution in [0.1, 0.15) is 116 Å². The van der Waals surface area contributed by atoms with E-state index in [4.69, 9.17) is 19.1 Å². The van der Waals surface area contributed by atoms with Gasteiger partial charge in [0, 0.05) is 77.0 Å². The van der Waals surface area contributed by atoms with Crippen LogP contribution in [0.5, 0.6) is 11.8 Å². The quantitative estimate of drug-likeness (QED) is 0.0794. The summed E-state index contributed by atoms with van der Waals surface area (Å²) in [7, 11) is 0. The number of nitrogens with one attached hydrogen (secondary N) is 2. The normalized spacial score (nSPS) is 15.6. The first-order chi connectivity index (χ1) is 24.0. The number of carbonyl (C=O) groups excluding carboxylic acids is 5. The van der Waals surface area contributed by atoms with Crippen molar-refractivity contribution in [2.75, 3.05) is 39.5 Å². The van der Waals surface area contributed by atoms with Crippen molar-refractivity contribution in [1.29, 1.82) is 0 Å². The van der Waals surface area contributed by atoms with Crippen molar-refractivity contribution in [2.24, 2.45) is 0 Å². The third kappa shape index (κ3) is 18.2. The van der Waals surface area contributed by atoms with E-state index in [9.17, 15) is 39.3 Å². The van der Waals surface area contributed by atoms with Crippen LogP contribution in [0.15, 0.2) is 12.1 Å². The number of ether oxygens (including phenoxy) is 2. The minimum absolute atomic E-state index is 0.0709. The predicted octanol–water partition coefficient (Wildman–Crippen LogP) is 2.76. The second kappa shape index (κ2) is 24.3. The zero-order chi connectivity index (χ0) is 36.6. The monoisotopic (exact) mass is 712 g/mol. The Bertz CT molecular complexity index is 1170. The fourth-order valence-electron chi connectivity index (χ4n) is 5.03. The topological polar surface area (TPSA) is 215 Å². The van der Waals surface area contributed by atoms with Gasteiger partial charge in [-0.15, -0.1) is 9.79 Å². The molecule has 1 aromatic heterocycles. The Balaban J connectivity index is 1.27. The first-order valence-electron chi connectivity index (χ1n) is 17.8. The highest BCUT2D eigenvalue weighted by molar-refractivity contribution is 5.80. The minimum atomic E-state index is -1.44. The van der Waals surface area contributed by atoms with Gasteiger partial charge in [-0.25, -0.2) is 9.59 Å². The summed E-state index contributed by atoms with van der Waals surface area (Å²) in [4.78, 5) is 69.3. The van der Waals surface area contributed by atoms with Gasteiger partial charge in [-0.1, -0.05) is 38.5 Å². The van der Waals surface area contributed by atoms with Gasteiger partial charge in [0.25, 0.3) is 5.91 Å². The lowest BCUT2D eigenvalue weighted by molar-refractivity contribution is -0.248. The van der Waals surface area contributed by atoms with E-state index >= 15 is 0 Å². The maximum absolute atomic E-state index is 12.0. The van der Waals surface area contributed by atoms with Crippen molar-refractivity contribution in [3.63, 3.8) is 0 Å². The number of aromatic nitrogens is 1. The second-order valence-electron chi connectivity index (χ2n) is 12.5. The molecule has 0 spiro atoms. The van der Waals surface area contributed by atoms with Crippen molar-refractivity contribution in [3.8, 4) is 11.8 Å². The van der Waals surface area contributed by atoms with Gasteiger partial charge in [0.05, 0.1) is 13.2 Å². The maximum Gasteiger partial charge on any atom is 0.333 e. The molecule has 284 valence electrons. The highest BCUT2D eigenvalue weighted by Gasteiger charge is 2.43. The average Bonchev–Trinajstić information content (AvgIpc) is 3.53. The van der Waals surface area contributed by atoms with Crippen molar-refractivity contribution in [2.45, 2.75) is 122 Å². The van der Waals surface area contributed by atoms with Crippen molar-refractivity contribution in [3.05, 3.63) is 12.1 Å². The first-order valence-corrected chi connectivity index (χ1v) is 17.8. The van der Waals surface area contributed by atoms with Gasteiger partial charge < -0.3 is 45.1 Å². The molecule has 2 rings (SSSR count). The summed E-state index contributed by atoms with van der Waals surface area (Å²) in [6.45, 7) is 4.16. The van der Waals surface area contributed by atoms with Crippen LogP contribution < -0.4 is 15.5 Å². The number of hydrogen-bond acceptors (Lipinski definition) is 12. The molecule has 1 aliphatic rings. The van der Waals surface area contributed by atoms with E-state index in [-0.39, 0.29) is 62.1 Å². The molecule has 0 saturated carbocycles. The van der Waals surface area contributed by atoms with E-state index in [0.717, 1.165) is 56.4 Å². The Morgan fingerprint density at radius 1 is 0.680 bits per heavy atom. The van der Waals surface area contributed by atoms with E-state index in [1.807, 2.05) is 0 Å². The lowest BCUT2D eigenvalue weighted by Crippen LogP contribution is -2.44. The largest absolute Gasteiger partial charge is 0.492 e. The molecular formula is C34H56N4O12. The molecule has 5 N–H and O–H groups in total. The van der Waals surface area contributed by atoms with Crippen molar-refractivity contribution in [1.82, 2.24) is 20.4 Å². The zero-order valence-corrected chi connectivity index (χ0v) is 29.3. The van der Waals surface area contributed by atoms with E-state index in [2.05, 4.69) is 10.6 Å². The molecule has 2 heterocycles. The fourth-order valence-corrected chi connectivity index (χ4v) is 5.03. The second-order valence-corrected chi connectivity index (χ2v) is 12.5. The maximum atomic E-state index is 12.0. The molecule has 0 radical (unpaired) electrons. The summed E-state index contributed by atoms with van der Waals surface area (Å²) in [5.74, 6) is -2.31. The molecule has 1 unspecified atom stereocenters. The zero-order valence-electron chi connectivity index (χ0n) is 29.3. The molecule has 1 aliphatic heterocycles. The fraction of sp³-hybridized carbons (Fsp3) is 0.735. The first kappa shape index (κ1) is 42.3. The van der Waals surface area contributed by atoms with Gasteiger partial charge >= 0.3 is 11.9 Å². The lowest BCUT2D eigenvalue weighted by Gasteiger charge is -2.27. The van der Waals surface area contributed by atoms with Crippen LogP contribution in [0, 0.1) is 0 Å². The van der Waals surface area contributed by atoms with E-state index in [1.54, 1.807) is 0 Å². The lowest BCUT2D eigenvalue weighted by atomic mass is 10.1. The van der Waals surface area contributed by atoms with Crippen LogP contribution in [-0.4, -0.2) is 100 Å². The number of amides is 3. The third-order valence-electron chi connectivity index (χ3n) is 7.94. The average molecular weight is 713 g/mol. The number of nitrogens with zero attached hydrogens (tertiary/aromatic N) is 2. The molecule has 1 saturated heterocycles. The van der Waals surface area contributed by atoms with Crippen molar-refractivity contribution >= 4 is 29.7 Å². The van der Waals surface area contributed by atoms with E-state index in [0.29, 0.717) is 63.5 Å². The standard InChI is InChI=1S/C34H56N4O12/c1-34(46)20-17-31(43)38(34)50-33(45)14-9-5-3-7-11-22-36-28(40)19-26-48-24-12-23-47-25-18-27(39)35-21-10-6-2-4-8-13-32(44)49-37-29(41)15-16-30(37)42/h15-16,41-42,46H,2-14,17-26H2,1H3,(H,35,39)(H,36,40). The van der Waals surface area contributed by atoms with Gasteiger partial charge in [-0.05, 0) is 39.0 Å². The summed E-state index contributed by atoms with van der Waals surface area (Å²) >= 11 is 0. The van der Waals surface area contributed by atoms with Crippen LogP contribution in [0.4, 0.5) is 0 Å². The molecule has 0 bridgehead atoms. The van der Waals surface area contributed by atoms with Gasteiger partial charge in [0.2, 0.25) is 23.6 Å². The van der Waals surface area contributed by atoms with Gasteiger partial charge in [0.15, 0.2) is 5.72 Å². The number of aliphatic hydroxyl groups is 1. The highest BCUT2D eigenvalue weighted by atomic mass is 16.7. The molecule has 16 heteroatoms. The number of rotatable bonds is 28. The predicted molar refractivity (Wildman–Crippen MR) is 179 cm³/mol. The number of unbranched alkanes of at least 4 members (excludes halogenated alkanes) is 8. The van der Waals surface area contributed by atoms with Gasteiger partial charge in [-0.3, -0.25) is 14.4 Å². The molecule has 0 aliphatic carbocycles. The van der Waals surface area contributed by atoms with Crippen LogP contribution in [0.25, 0.3) is 0 Å². The third-order valence-corrected chi connectivity index (χ3v) is 7.94. The molecular weight excluding hydrogens is 656 g/mol. The highest BCUT2D eigenvalue weighted by Crippen LogP contribution is 2.27. The summed E-state index contributed by atoms with van der Waals surface area (Å²) in [6.07, 6.45) is 10.1. The van der Waals surface area contributed by atoms with Gasteiger partial charge in [-0.2, -0.15) is 0 Å². The SMILES string of the molecule is CC1(O)CCC(=O)N1OC(=O)CCCCCCCNC(=O)CCOCCCOCCC(=O)NCCCCCCCC(=O)On1c(O)ccc1O. The Morgan fingerprint density at radius 3 is 1.62 bits per heavy atom. The smallest absolute Gasteiger partial charge is 0.333 e. The Morgan fingerprint density at radius 2 is 1.14 bits per heavy atom. The Kier molecular flexibility index (Phi) is 20.5. The van der Waals surface area contributed by atoms with Crippen LogP contribution >= 0.6 is 0 Å². The Hall–Kier alpha value is -3.89. The summed E-state index contributed by atoms with van der Waals surface area (Å²) in [5.41, 5.74) is -1.44. The number of hydroxylamine groups is 2. The number of aromatic hydroxyl groups is 2. The van der Waals surface area contributed by atoms with Gasteiger partial charge in [0.1, 0.15) is 0 Å². The summed E-state index contributed by atoms with van der Waals surface area (Å²) in [6, 6.07) is 2.44. The molecule has 1 fully saturated rings. The van der Waals surface area contributed by atoms with E-state index < -0.39 is 23.6 Å². The van der Waals surface area contributed by atoms with E-state index in [1.165, 1.54) is 19.1 Å². The molecule has 1 atom stereocenters. The minimum Gasteiger partial charge on any atom is -0.492 e. The van der Waals surface area contributed by atoms with Crippen LogP contribution in [0.2, 0.25) is 0 Å². The van der Waals surface area contributed by atoms with Crippen LogP contribution in [0.3, 0.4) is 0 Å². The summed E-state index contributed by atoms with van der Waals surface area (Å²) in [5, 5.41) is 35.5. The van der Waals surface area contributed by atoms with Crippen LogP contribution in [-0.2, 0) is 38.3 Å². The number of hydrogen-bond donors (Lipinski definition) is 5. The summed E-state index contributed by atoms with van der Waals surface area (Å²) < 4.78 is 11.7. The number of carbonyl (C=O) groups is 5. The molecule has 16 nitrogen and oxygen atoms in total. The Labute approximate surface area is 293 Å². The molecule has 50 heavy (non-hydrogen) atoms. The molecule has 1 aromatic rings. The van der Waals surface area contributed by atoms with Crippen molar-refractivity contribution < 1.29 is 58.4 Å². The molecule has 3 amide bonds.